The Morgan fingerprint density at radius 3 is 2.55 bits per heavy atom. The highest BCUT2D eigenvalue weighted by atomic mass is 16.5. The van der Waals surface area contributed by atoms with Gasteiger partial charge in [-0.25, -0.2) is 9.98 Å². The molecule has 0 aliphatic carbocycles. The summed E-state index contributed by atoms with van der Waals surface area (Å²) >= 11 is 0. The molecule has 7 heteroatoms. The minimum absolute atomic E-state index is 0.0521. The average Bonchev–Trinajstić information content (AvgIpc) is 3.18. The van der Waals surface area contributed by atoms with Crippen LogP contribution in [0.25, 0.3) is 0 Å². The second kappa shape index (κ2) is 11.5. The maximum Gasteiger partial charge on any atom is 0.216 e. The Balaban J connectivity index is 1.70. The SMILES string of the molecule is CCNC(=NCc1ncc(C(C)(C)C)o1)NCCCOCc1ccc(OC)cc1. The molecule has 2 N–H and O–H groups in total. The van der Waals surface area contributed by atoms with Crippen LogP contribution in [0.3, 0.4) is 0 Å². The van der Waals surface area contributed by atoms with E-state index < -0.39 is 0 Å². The van der Waals surface area contributed by atoms with E-state index in [0.29, 0.717) is 25.6 Å². The van der Waals surface area contributed by atoms with Crippen LogP contribution in [0, 0.1) is 0 Å². The minimum Gasteiger partial charge on any atom is -0.497 e. The number of guanidine groups is 1. The lowest BCUT2D eigenvalue weighted by atomic mass is 9.94. The highest BCUT2D eigenvalue weighted by Crippen LogP contribution is 2.22. The normalized spacial score (nSPS) is 12.1. The number of methoxy groups -OCH3 is 1. The number of aliphatic imine (C=N–C) groups is 1. The van der Waals surface area contributed by atoms with Crippen LogP contribution in [-0.2, 0) is 23.3 Å². The summed E-state index contributed by atoms with van der Waals surface area (Å²) in [6, 6.07) is 7.91. The van der Waals surface area contributed by atoms with Gasteiger partial charge in [0, 0.05) is 25.1 Å². The van der Waals surface area contributed by atoms with E-state index >= 15 is 0 Å². The van der Waals surface area contributed by atoms with E-state index in [1.807, 2.05) is 31.2 Å². The van der Waals surface area contributed by atoms with Gasteiger partial charge < -0.3 is 24.5 Å². The fourth-order valence-electron chi connectivity index (χ4n) is 2.51. The molecule has 0 atom stereocenters. The molecule has 0 bridgehead atoms. The molecule has 0 amide bonds. The van der Waals surface area contributed by atoms with Gasteiger partial charge in [-0.3, -0.25) is 0 Å². The van der Waals surface area contributed by atoms with Gasteiger partial charge in [0.15, 0.2) is 5.96 Å². The molecule has 0 radical (unpaired) electrons. The molecule has 7 nitrogen and oxygen atoms in total. The first-order chi connectivity index (χ1) is 13.9. The first-order valence-corrected chi connectivity index (χ1v) is 10.1. The number of hydrogen-bond donors (Lipinski definition) is 2. The van der Waals surface area contributed by atoms with E-state index in [0.717, 1.165) is 42.5 Å². The van der Waals surface area contributed by atoms with Crippen LogP contribution in [0.4, 0.5) is 0 Å². The monoisotopic (exact) mass is 402 g/mol. The van der Waals surface area contributed by atoms with E-state index in [-0.39, 0.29) is 5.41 Å². The van der Waals surface area contributed by atoms with Crippen molar-refractivity contribution in [3.63, 3.8) is 0 Å². The van der Waals surface area contributed by atoms with Crippen LogP contribution in [0.5, 0.6) is 5.75 Å². The third-order valence-electron chi connectivity index (χ3n) is 4.20. The van der Waals surface area contributed by atoms with Crippen LogP contribution in [-0.4, -0.2) is 37.7 Å². The summed E-state index contributed by atoms with van der Waals surface area (Å²) in [5.74, 6) is 3.09. The predicted octanol–water partition coefficient (Wildman–Crippen LogP) is 3.64. The highest BCUT2D eigenvalue weighted by Gasteiger charge is 2.18. The van der Waals surface area contributed by atoms with Gasteiger partial charge in [-0.05, 0) is 31.0 Å². The van der Waals surface area contributed by atoms with Crippen LogP contribution in [0.15, 0.2) is 39.9 Å². The molecule has 0 saturated carbocycles. The molecular weight excluding hydrogens is 368 g/mol. The van der Waals surface area contributed by atoms with Gasteiger partial charge >= 0.3 is 0 Å². The second-order valence-electron chi connectivity index (χ2n) is 7.74. The molecule has 1 aromatic carbocycles. The van der Waals surface area contributed by atoms with Crippen molar-refractivity contribution in [2.45, 2.75) is 52.7 Å². The van der Waals surface area contributed by atoms with Crippen LogP contribution < -0.4 is 15.4 Å². The first kappa shape index (κ1) is 22.7. The molecule has 2 aromatic rings. The molecule has 0 spiro atoms. The lowest BCUT2D eigenvalue weighted by Gasteiger charge is -2.13. The van der Waals surface area contributed by atoms with E-state index in [1.54, 1.807) is 13.3 Å². The zero-order valence-corrected chi connectivity index (χ0v) is 18.2. The van der Waals surface area contributed by atoms with Crippen molar-refractivity contribution in [1.29, 1.82) is 0 Å². The molecule has 29 heavy (non-hydrogen) atoms. The van der Waals surface area contributed by atoms with Crippen LogP contribution >= 0.6 is 0 Å². The number of oxazole rings is 1. The summed E-state index contributed by atoms with van der Waals surface area (Å²) in [6.45, 7) is 11.6. The number of aromatic nitrogens is 1. The molecule has 2 rings (SSSR count). The molecule has 1 heterocycles. The maximum absolute atomic E-state index is 5.79. The molecule has 0 saturated heterocycles. The number of hydrogen-bond acceptors (Lipinski definition) is 5. The van der Waals surface area contributed by atoms with Crippen molar-refractivity contribution in [2.75, 3.05) is 26.8 Å². The second-order valence-corrected chi connectivity index (χ2v) is 7.74. The summed E-state index contributed by atoms with van der Waals surface area (Å²) in [6.07, 6.45) is 2.67. The van der Waals surface area contributed by atoms with Crippen molar-refractivity contribution in [2.24, 2.45) is 4.99 Å². The Morgan fingerprint density at radius 1 is 1.17 bits per heavy atom. The lowest BCUT2D eigenvalue weighted by Crippen LogP contribution is -2.38. The smallest absolute Gasteiger partial charge is 0.216 e. The Kier molecular flexibility index (Phi) is 8.99. The largest absolute Gasteiger partial charge is 0.497 e. The van der Waals surface area contributed by atoms with Gasteiger partial charge in [0.2, 0.25) is 5.89 Å². The number of rotatable bonds is 10. The van der Waals surface area contributed by atoms with E-state index in [4.69, 9.17) is 13.9 Å². The first-order valence-electron chi connectivity index (χ1n) is 10.1. The van der Waals surface area contributed by atoms with Gasteiger partial charge in [0.25, 0.3) is 0 Å². The zero-order chi connectivity index (χ0) is 21.1. The number of nitrogens with zero attached hydrogens (tertiary/aromatic N) is 2. The van der Waals surface area contributed by atoms with Crippen LogP contribution in [0.1, 0.15) is 51.3 Å². The number of nitrogens with one attached hydrogen (secondary N) is 2. The van der Waals surface area contributed by atoms with E-state index in [2.05, 4.69) is 41.4 Å². The summed E-state index contributed by atoms with van der Waals surface area (Å²) in [4.78, 5) is 8.86. The standard InChI is InChI=1S/C22H34N4O3/c1-6-23-21(26-15-20-25-14-19(29-20)22(2,3)4)24-12-7-13-28-16-17-8-10-18(27-5)11-9-17/h8-11,14H,6-7,12-13,15-16H2,1-5H3,(H2,23,24,26). The molecular formula is C22H34N4O3. The minimum atomic E-state index is -0.0521. The number of benzene rings is 1. The van der Waals surface area contributed by atoms with Crippen molar-refractivity contribution < 1.29 is 13.9 Å². The van der Waals surface area contributed by atoms with Gasteiger partial charge in [-0.1, -0.05) is 32.9 Å². The molecule has 0 fully saturated rings. The van der Waals surface area contributed by atoms with E-state index in [1.165, 1.54) is 0 Å². The Hall–Kier alpha value is -2.54. The zero-order valence-electron chi connectivity index (χ0n) is 18.2. The molecule has 0 aliphatic rings. The predicted molar refractivity (Wildman–Crippen MR) is 115 cm³/mol. The third kappa shape index (κ3) is 8.15. The van der Waals surface area contributed by atoms with Crippen molar-refractivity contribution >= 4 is 5.96 Å². The van der Waals surface area contributed by atoms with Gasteiger partial charge in [0.05, 0.1) is 19.9 Å². The van der Waals surface area contributed by atoms with Gasteiger partial charge in [-0.2, -0.15) is 0 Å². The summed E-state index contributed by atoms with van der Waals surface area (Å²) in [7, 11) is 1.66. The van der Waals surface area contributed by atoms with E-state index in [9.17, 15) is 0 Å². The fourth-order valence-corrected chi connectivity index (χ4v) is 2.51. The van der Waals surface area contributed by atoms with Crippen LogP contribution in [0.2, 0.25) is 0 Å². The van der Waals surface area contributed by atoms with Crippen molar-refractivity contribution in [3.8, 4) is 5.75 Å². The van der Waals surface area contributed by atoms with Crippen molar-refractivity contribution in [3.05, 3.63) is 47.7 Å². The molecule has 160 valence electrons. The summed E-state index contributed by atoms with van der Waals surface area (Å²) in [5.41, 5.74) is 1.08. The Labute approximate surface area is 173 Å². The van der Waals surface area contributed by atoms with Gasteiger partial charge in [0.1, 0.15) is 18.1 Å². The topological polar surface area (TPSA) is 80.9 Å². The quantitative estimate of drug-likeness (QED) is 0.359. The number of ether oxygens (including phenoxy) is 2. The Morgan fingerprint density at radius 2 is 1.93 bits per heavy atom. The summed E-state index contributed by atoms with van der Waals surface area (Å²) < 4.78 is 16.7. The molecule has 0 aliphatic heterocycles. The highest BCUT2D eigenvalue weighted by molar-refractivity contribution is 5.79. The Bertz CT molecular complexity index is 748. The summed E-state index contributed by atoms with van der Waals surface area (Å²) in [5, 5.41) is 6.55. The maximum atomic E-state index is 5.79. The molecule has 0 unspecified atom stereocenters. The lowest BCUT2D eigenvalue weighted by molar-refractivity contribution is 0.119. The molecule has 1 aromatic heterocycles. The van der Waals surface area contributed by atoms with Crippen molar-refractivity contribution in [1.82, 2.24) is 15.6 Å². The third-order valence-corrected chi connectivity index (χ3v) is 4.20. The van der Waals surface area contributed by atoms with Gasteiger partial charge in [-0.15, -0.1) is 0 Å². The fraction of sp³-hybridized carbons (Fsp3) is 0.545. The average molecular weight is 403 g/mol.